The molecule has 0 saturated carbocycles. The van der Waals surface area contributed by atoms with Gasteiger partial charge in [-0.1, -0.05) is 0 Å². The minimum atomic E-state index is -4.67. The lowest BCUT2D eigenvalue weighted by molar-refractivity contribution is -0.274. The Balaban J connectivity index is 2.19. The molecule has 90 valence electrons. The summed E-state index contributed by atoms with van der Waals surface area (Å²) < 4.78 is 43.6. The van der Waals surface area contributed by atoms with Gasteiger partial charge in [0, 0.05) is 5.56 Å². The summed E-state index contributed by atoms with van der Waals surface area (Å²) in [4.78, 5) is 4.13. The van der Waals surface area contributed by atoms with E-state index < -0.39 is 6.36 Å². The van der Waals surface area contributed by atoms with E-state index in [4.69, 9.17) is 0 Å². The molecule has 2 rings (SSSR count). The smallest absolute Gasteiger partial charge is 0.406 e. The highest BCUT2D eigenvalue weighted by Crippen LogP contribution is 2.25. The highest BCUT2D eigenvalue weighted by atomic mass is 32.1. The second kappa shape index (κ2) is 4.33. The van der Waals surface area contributed by atoms with Crippen molar-refractivity contribution < 1.29 is 17.9 Å². The van der Waals surface area contributed by atoms with Gasteiger partial charge in [0.05, 0.1) is 0 Å². The molecule has 0 aliphatic carbocycles. The molecule has 0 bridgehead atoms. The zero-order chi connectivity index (χ0) is 12.5. The standard InChI is InChI=1S/C10H7F3N2OS/c1-6-14-9(15-17-6)7-2-4-8(5-3-7)16-10(11,12)13/h2-5H,1H3. The van der Waals surface area contributed by atoms with Crippen molar-refractivity contribution in [2.45, 2.75) is 13.3 Å². The van der Waals surface area contributed by atoms with Gasteiger partial charge in [0.25, 0.3) is 0 Å². The van der Waals surface area contributed by atoms with Crippen LogP contribution in [0.2, 0.25) is 0 Å². The lowest BCUT2D eigenvalue weighted by Gasteiger charge is -2.08. The molecule has 0 N–H and O–H groups in total. The molecule has 0 saturated heterocycles. The Labute approximate surface area is 99.0 Å². The molecule has 0 unspecified atom stereocenters. The van der Waals surface area contributed by atoms with E-state index >= 15 is 0 Å². The molecule has 1 aromatic heterocycles. The number of benzene rings is 1. The number of alkyl halides is 3. The number of halogens is 3. The van der Waals surface area contributed by atoms with Crippen LogP contribution in [-0.2, 0) is 0 Å². The fourth-order valence-electron chi connectivity index (χ4n) is 1.22. The molecule has 0 atom stereocenters. The third kappa shape index (κ3) is 3.16. The Morgan fingerprint density at radius 3 is 2.29 bits per heavy atom. The Bertz CT molecular complexity index is 507. The summed E-state index contributed by atoms with van der Waals surface area (Å²) in [5, 5.41) is 0.801. The van der Waals surface area contributed by atoms with E-state index in [1.807, 2.05) is 6.92 Å². The molecular formula is C10H7F3N2OS. The second-order valence-corrected chi connectivity index (χ2v) is 4.17. The first-order valence-corrected chi connectivity index (χ1v) is 5.38. The number of aromatic nitrogens is 2. The Morgan fingerprint density at radius 2 is 1.82 bits per heavy atom. The zero-order valence-corrected chi connectivity index (χ0v) is 9.47. The van der Waals surface area contributed by atoms with Gasteiger partial charge < -0.3 is 4.74 Å². The molecule has 3 nitrogen and oxygen atoms in total. The summed E-state index contributed by atoms with van der Waals surface area (Å²) in [6, 6.07) is 5.45. The lowest BCUT2D eigenvalue weighted by Crippen LogP contribution is -2.16. The minimum Gasteiger partial charge on any atom is -0.406 e. The first-order valence-electron chi connectivity index (χ1n) is 4.60. The molecule has 0 amide bonds. The summed E-state index contributed by atoms with van der Waals surface area (Å²) in [6.45, 7) is 1.81. The van der Waals surface area contributed by atoms with Gasteiger partial charge in [-0.3, -0.25) is 0 Å². The number of nitrogens with zero attached hydrogens (tertiary/aromatic N) is 2. The van der Waals surface area contributed by atoms with Crippen molar-refractivity contribution >= 4 is 11.5 Å². The molecule has 2 aromatic rings. The molecule has 7 heteroatoms. The van der Waals surface area contributed by atoms with Gasteiger partial charge in [-0.2, -0.15) is 4.37 Å². The zero-order valence-electron chi connectivity index (χ0n) is 8.65. The topological polar surface area (TPSA) is 35.0 Å². The Kier molecular flexibility index (Phi) is 3.01. The monoisotopic (exact) mass is 260 g/mol. The van der Waals surface area contributed by atoms with Crippen LogP contribution in [0.15, 0.2) is 24.3 Å². The molecule has 1 aromatic carbocycles. The summed E-state index contributed by atoms with van der Waals surface area (Å²) in [5.41, 5.74) is 0.656. The molecular weight excluding hydrogens is 253 g/mol. The molecule has 17 heavy (non-hydrogen) atoms. The number of hydrogen-bond acceptors (Lipinski definition) is 4. The molecule has 0 radical (unpaired) electrons. The van der Waals surface area contributed by atoms with E-state index in [1.165, 1.54) is 35.8 Å². The van der Waals surface area contributed by atoms with Crippen LogP contribution in [0.4, 0.5) is 13.2 Å². The Hall–Kier alpha value is -1.63. The fraction of sp³-hybridized carbons (Fsp3) is 0.200. The highest BCUT2D eigenvalue weighted by Gasteiger charge is 2.30. The predicted molar refractivity (Wildman–Crippen MR) is 56.8 cm³/mol. The maximum absolute atomic E-state index is 11.9. The van der Waals surface area contributed by atoms with E-state index in [9.17, 15) is 13.2 Å². The normalized spacial score (nSPS) is 11.5. The first-order chi connectivity index (χ1) is 7.94. The Morgan fingerprint density at radius 1 is 1.18 bits per heavy atom. The summed E-state index contributed by atoms with van der Waals surface area (Å²) in [6.07, 6.45) is -4.67. The van der Waals surface area contributed by atoms with Crippen molar-refractivity contribution in [1.82, 2.24) is 9.36 Å². The third-order valence-electron chi connectivity index (χ3n) is 1.87. The van der Waals surface area contributed by atoms with Gasteiger partial charge in [0.15, 0.2) is 5.82 Å². The number of ether oxygens (including phenoxy) is 1. The quantitative estimate of drug-likeness (QED) is 0.830. The van der Waals surface area contributed by atoms with Crippen molar-refractivity contribution in [3.63, 3.8) is 0 Å². The van der Waals surface area contributed by atoms with Crippen LogP contribution in [0.25, 0.3) is 11.4 Å². The van der Waals surface area contributed by atoms with Crippen LogP contribution >= 0.6 is 11.5 Å². The van der Waals surface area contributed by atoms with Crippen molar-refractivity contribution in [2.24, 2.45) is 0 Å². The van der Waals surface area contributed by atoms with Crippen LogP contribution in [-0.4, -0.2) is 15.7 Å². The summed E-state index contributed by atoms with van der Waals surface area (Å²) in [7, 11) is 0. The predicted octanol–water partition coefficient (Wildman–Crippen LogP) is 3.41. The van der Waals surface area contributed by atoms with Crippen molar-refractivity contribution in [3.8, 4) is 17.1 Å². The molecule has 1 heterocycles. The van der Waals surface area contributed by atoms with E-state index in [2.05, 4.69) is 14.1 Å². The first kappa shape index (κ1) is 11.8. The highest BCUT2D eigenvalue weighted by molar-refractivity contribution is 7.05. The summed E-state index contributed by atoms with van der Waals surface area (Å²) >= 11 is 1.24. The number of hydrogen-bond donors (Lipinski definition) is 0. The van der Waals surface area contributed by atoms with Gasteiger partial charge in [-0.25, -0.2) is 4.98 Å². The molecule has 0 aliphatic rings. The van der Waals surface area contributed by atoms with Crippen LogP contribution in [0, 0.1) is 6.92 Å². The van der Waals surface area contributed by atoms with Crippen molar-refractivity contribution in [3.05, 3.63) is 29.3 Å². The van der Waals surface area contributed by atoms with Gasteiger partial charge in [0.1, 0.15) is 10.8 Å². The maximum Gasteiger partial charge on any atom is 0.573 e. The lowest BCUT2D eigenvalue weighted by atomic mass is 10.2. The second-order valence-electron chi connectivity index (χ2n) is 3.21. The van der Waals surface area contributed by atoms with Crippen molar-refractivity contribution in [1.29, 1.82) is 0 Å². The van der Waals surface area contributed by atoms with Gasteiger partial charge in [0.2, 0.25) is 0 Å². The SMILES string of the molecule is Cc1nc(-c2ccc(OC(F)(F)F)cc2)ns1. The fourth-order valence-corrected chi connectivity index (χ4v) is 1.71. The average molecular weight is 260 g/mol. The number of rotatable bonds is 2. The largest absolute Gasteiger partial charge is 0.573 e. The van der Waals surface area contributed by atoms with Gasteiger partial charge in [-0.15, -0.1) is 13.2 Å². The molecule has 0 fully saturated rings. The molecule has 0 spiro atoms. The minimum absolute atomic E-state index is 0.256. The van der Waals surface area contributed by atoms with E-state index in [0.29, 0.717) is 11.4 Å². The van der Waals surface area contributed by atoms with E-state index in [0.717, 1.165) is 5.01 Å². The maximum atomic E-state index is 11.9. The van der Waals surface area contributed by atoms with Crippen LogP contribution in [0.5, 0.6) is 5.75 Å². The third-order valence-corrected chi connectivity index (χ3v) is 2.49. The van der Waals surface area contributed by atoms with Crippen LogP contribution < -0.4 is 4.74 Å². The van der Waals surface area contributed by atoms with E-state index in [-0.39, 0.29) is 5.75 Å². The van der Waals surface area contributed by atoms with Gasteiger partial charge >= 0.3 is 6.36 Å². The van der Waals surface area contributed by atoms with Crippen LogP contribution in [0.1, 0.15) is 5.01 Å². The molecule has 0 aliphatic heterocycles. The van der Waals surface area contributed by atoms with Gasteiger partial charge in [-0.05, 0) is 42.7 Å². The average Bonchev–Trinajstić information content (AvgIpc) is 2.63. The number of aryl methyl sites for hydroxylation is 1. The van der Waals surface area contributed by atoms with E-state index in [1.54, 1.807) is 0 Å². The summed E-state index contributed by atoms with van der Waals surface area (Å²) in [5.74, 6) is 0.249. The van der Waals surface area contributed by atoms with Crippen molar-refractivity contribution in [2.75, 3.05) is 0 Å². The van der Waals surface area contributed by atoms with Crippen LogP contribution in [0.3, 0.4) is 0 Å².